The van der Waals surface area contributed by atoms with Crippen molar-refractivity contribution in [2.24, 2.45) is 5.41 Å². The first-order chi connectivity index (χ1) is 7.95. The molecule has 0 saturated carbocycles. The van der Waals surface area contributed by atoms with Crippen molar-refractivity contribution >= 4 is 6.92 Å². The zero-order valence-corrected chi connectivity index (χ0v) is 12.8. The van der Waals surface area contributed by atoms with Gasteiger partial charge in [-0.15, -0.1) is 0 Å². The summed E-state index contributed by atoms with van der Waals surface area (Å²) in [7, 11) is 0. The van der Waals surface area contributed by atoms with Crippen LogP contribution in [0.15, 0.2) is 11.8 Å². The molecule has 0 aliphatic rings. The van der Waals surface area contributed by atoms with E-state index in [0.29, 0.717) is 6.92 Å². The third kappa shape index (κ3) is 7.51. The van der Waals surface area contributed by atoms with E-state index in [1.807, 2.05) is 0 Å². The van der Waals surface area contributed by atoms with Crippen LogP contribution in [0.3, 0.4) is 0 Å². The number of hydrogen-bond donors (Lipinski definition) is 0. The molecule has 0 unspecified atom stereocenters. The van der Waals surface area contributed by atoms with Crippen molar-refractivity contribution in [1.82, 2.24) is 0 Å². The van der Waals surface area contributed by atoms with Gasteiger partial charge in [-0.05, 0) is 19.6 Å². The molecule has 0 aromatic heterocycles. The van der Waals surface area contributed by atoms with Gasteiger partial charge in [0.2, 0.25) is 0 Å². The van der Waals surface area contributed by atoms with Crippen LogP contribution in [0, 0.1) is 5.41 Å². The fourth-order valence-electron chi connectivity index (χ4n) is 1.98. The molecule has 1 nitrogen and oxygen atoms in total. The Balaban J connectivity index is 4.38. The average Bonchev–Trinajstić information content (AvgIpc) is 2.26. The Labute approximate surface area is 109 Å². The van der Waals surface area contributed by atoms with Gasteiger partial charge >= 0.3 is 6.92 Å². The van der Waals surface area contributed by atoms with Crippen molar-refractivity contribution < 1.29 is 4.65 Å². The van der Waals surface area contributed by atoms with E-state index in [2.05, 4.69) is 47.6 Å². The zero-order valence-electron chi connectivity index (χ0n) is 12.8. The van der Waals surface area contributed by atoms with Crippen LogP contribution in [0.2, 0.25) is 12.6 Å². The van der Waals surface area contributed by atoms with Gasteiger partial charge in [-0.25, -0.2) is 0 Å². The maximum atomic E-state index is 6.23. The van der Waals surface area contributed by atoms with Crippen molar-refractivity contribution in [2.75, 3.05) is 0 Å². The Morgan fingerprint density at radius 3 is 1.82 bits per heavy atom. The second-order valence-corrected chi connectivity index (χ2v) is 5.93. The van der Waals surface area contributed by atoms with E-state index in [1.165, 1.54) is 38.3 Å². The highest BCUT2D eigenvalue weighted by molar-refractivity contribution is 6.52. The highest BCUT2D eigenvalue weighted by Gasteiger charge is 2.23. The monoisotopic (exact) mass is 238 g/mol. The summed E-state index contributed by atoms with van der Waals surface area (Å²) in [4.78, 5) is 0. The lowest BCUT2D eigenvalue weighted by Crippen LogP contribution is -2.23. The summed E-state index contributed by atoms with van der Waals surface area (Å²) in [6.45, 7) is 13.7. The molecule has 100 valence electrons. The van der Waals surface area contributed by atoms with Crippen molar-refractivity contribution in [3.05, 3.63) is 11.8 Å². The van der Waals surface area contributed by atoms with Crippen LogP contribution in [-0.4, -0.2) is 6.92 Å². The summed E-state index contributed by atoms with van der Waals surface area (Å²) in [6.07, 6.45) is 9.59. The molecule has 17 heavy (non-hydrogen) atoms. The zero-order chi connectivity index (χ0) is 13.3. The molecule has 0 bridgehead atoms. The second-order valence-electron chi connectivity index (χ2n) is 5.93. The quantitative estimate of drug-likeness (QED) is 0.398. The molecule has 0 radical (unpaired) electrons. The van der Waals surface area contributed by atoms with Crippen molar-refractivity contribution in [2.45, 2.75) is 79.9 Å². The first-order valence-electron chi connectivity index (χ1n) is 7.29. The topological polar surface area (TPSA) is 9.23 Å². The summed E-state index contributed by atoms with van der Waals surface area (Å²) in [6, 6.07) is 0. The van der Waals surface area contributed by atoms with E-state index in [0.717, 1.165) is 5.76 Å². The lowest BCUT2D eigenvalue weighted by Gasteiger charge is -2.27. The van der Waals surface area contributed by atoms with Crippen LogP contribution in [0.4, 0.5) is 0 Å². The molecule has 0 saturated heterocycles. The first-order valence-corrected chi connectivity index (χ1v) is 7.29. The molecule has 0 rings (SSSR count). The third-order valence-corrected chi connectivity index (χ3v) is 3.05. The van der Waals surface area contributed by atoms with Gasteiger partial charge in [0.25, 0.3) is 0 Å². The molecule has 0 aromatic carbocycles. The van der Waals surface area contributed by atoms with E-state index in [-0.39, 0.29) is 5.41 Å². The van der Waals surface area contributed by atoms with E-state index >= 15 is 0 Å². The molecule has 0 aliphatic heterocycles. The first kappa shape index (κ1) is 16.6. The third-order valence-electron chi connectivity index (χ3n) is 3.05. The largest absolute Gasteiger partial charge is 0.563 e. The molecule has 0 aliphatic carbocycles. The summed E-state index contributed by atoms with van der Waals surface area (Å²) in [5.74, 6) is 1.15. The summed E-state index contributed by atoms with van der Waals surface area (Å²) in [5, 5.41) is 0. The molecule has 0 aromatic rings. The standard InChI is InChI=1S/C15H31BO/c1-7-10-12-16(13-11-8-2)17-14(9-3)15(4,5)6/h9H,7-8,10-13H2,1-6H3/b14-9-. The smallest absolute Gasteiger partial charge is 0.357 e. The summed E-state index contributed by atoms with van der Waals surface area (Å²) < 4.78 is 6.23. The van der Waals surface area contributed by atoms with Gasteiger partial charge in [-0.2, -0.15) is 0 Å². The predicted molar refractivity (Wildman–Crippen MR) is 79.5 cm³/mol. The Hall–Kier alpha value is -0.395. The van der Waals surface area contributed by atoms with Crippen molar-refractivity contribution in [3.63, 3.8) is 0 Å². The Morgan fingerprint density at radius 2 is 1.53 bits per heavy atom. The summed E-state index contributed by atoms with van der Waals surface area (Å²) >= 11 is 0. The molecule has 0 atom stereocenters. The van der Waals surface area contributed by atoms with Crippen LogP contribution in [0.5, 0.6) is 0 Å². The minimum atomic E-state index is 0.130. The maximum Gasteiger partial charge on any atom is 0.357 e. The van der Waals surface area contributed by atoms with Crippen LogP contribution in [0.25, 0.3) is 0 Å². The Kier molecular flexibility index (Phi) is 8.46. The molecule has 2 heteroatoms. The van der Waals surface area contributed by atoms with Crippen molar-refractivity contribution in [1.29, 1.82) is 0 Å². The fraction of sp³-hybridized carbons (Fsp3) is 0.867. The predicted octanol–water partition coefficient (Wildman–Crippen LogP) is 5.54. The highest BCUT2D eigenvalue weighted by atomic mass is 16.4. The number of rotatable bonds is 8. The lowest BCUT2D eigenvalue weighted by atomic mass is 9.59. The van der Waals surface area contributed by atoms with Crippen LogP contribution in [-0.2, 0) is 4.65 Å². The molecule has 0 spiro atoms. The van der Waals surface area contributed by atoms with E-state index in [4.69, 9.17) is 4.65 Å². The number of allylic oxidation sites excluding steroid dienone is 2. The van der Waals surface area contributed by atoms with Gasteiger partial charge in [0.1, 0.15) is 0 Å². The van der Waals surface area contributed by atoms with E-state index in [9.17, 15) is 0 Å². The number of unbranched alkanes of at least 4 members (excludes halogenated alkanes) is 2. The normalized spacial score (nSPS) is 12.7. The maximum absolute atomic E-state index is 6.23. The molecular weight excluding hydrogens is 207 g/mol. The van der Waals surface area contributed by atoms with Crippen LogP contribution < -0.4 is 0 Å². The minimum Gasteiger partial charge on any atom is -0.563 e. The van der Waals surface area contributed by atoms with Gasteiger partial charge in [-0.3, -0.25) is 0 Å². The van der Waals surface area contributed by atoms with Crippen LogP contribution in [0.1, 0.15) is 67.2 Å². The highest BCUT2D eigenvalue weighted by Crippen LogP contribution is 2.28. The van der Waals surface area contributed by atoms with E-state index in [1.54, 1.807) is 0 Å². The SMILES string of the molecule is C/C=C(\OB(CCCC)CCCC)C(C)(C)C. The average molecular weight is 238 g/mol. The van der Waals surface area contributed by atoms with Crippen molar-refractivity contribution in [3.8, 4) is 0 Å². The second kappa shape index (κ2) is 8.66. The Bertz CT molecular complexity index is 207. The summed E-state index contributed by atoms with van der Waals surface area (Å²) in [5.41, 5.74) is 0.130. The Morgan fingerprint density at radius 1 is 1.06 bits per heavy atom. The van der Waals surface area contributed by atoms with Gasteiger partial charge in [0.15, 0.2) is 0 Å². The fourth-order valence-corrected chi connectivity index (χ4v) is 1.98. The van der Waals surface area contributed by atoms with Gasteiger partial charge in [-0.1, -0.05) is 66.4 Å². The van der Waals surface area contributed by atoms with Crippen LogP contribution >= 0.6 is 0 Å². The number of hydrogen-bond acceptors (Lipinski definition) is 1. The van der Waals surface area contributed by atoms with Gasteiger partial charge in [0.05, 0.1) is 5.76 Å². The molecule has 0 amide bonds. The van der Waals surface area contributed by atoms with E-state index < -0.39 is 0 Å². The van der Waals surface area contributed by atoms with Gasteiger partial charge < -0.3 is 4.65 Å². The minimum absolute atomic E-state index is 0.130. The molecule has 0 N–H and O–H groups in total. The lowest BCUT2D eigenvalue weighted by molar-refractivity contribution is 0.291. The molecular formula is C15H31BO. The molecule has 0 heterocycles. The van der Waals surface area contributed by atoms with Gasteiger partial charge in [0, 0.05) is 5.41 Å². The molecule has 0 fully saturated rings.